The number of methoxy groups -OCH3 is 1. The van der Waals surface area contributed by atoms with Crippen molar-refractivity contribution in [3.63, 3.8) is 0 Å². The molecule has 0 saturated carbocycles. The number of carbonyl (C=O) groups excluding carboxylic acids is 1. The highest BCUT2D eigenvalue weighted by atomic mass is 16.5. The molecule has 6 nitrogen and oxygen atoms in total. The zero-order chi connectivity index (χ0) is 16.9. The molecule has 1 aromatic carbocycles. The number of aliphatic hydroxyl groups excluding tert-OH is 1. The molecule has 0 bridgehead atoms. The van der Waals surface area contributed by atoms with E-state index in [0.29, 0.717) is 25.1 Å². The molecule has 1 saturated heterocycles. The van der Waals surface area contributed by atoms with Crippen LogP contribution in [0.5, 0.6) is 5.75 Å². The van der Waals surface area contributed by atoms with Crippen molar-refractivity contribution in [3.8, 4) is 5.75 Å². The highest BCUT2D eigenvalue weighted by molar-refractivity contribution is 6.00. The minimum Gasteiger partial charge on any atom is -0.495 e. The summed E-state index contributed by atoms with van der Waals surface area (Å²) < 4.78 is 10.8. The first-order chi connectivity index (χ1) is 11.7. The van der Waals surface area contributed by atoms with E-state index in [9.17, 15) is 9.90 Å². The van der Waals surface area contributed by atoms with Gasteiger partial charge >= 0.3 is 0 Å². The van der Waals surface area contributed by atoms with Gasteiger partial charge in [-0.2, -0.15) is 0 Å². The highest BCUT2D eigenvalue weighted by Crippen LogP contribution is 2.31. The van der Waals surface area contributed by atoms with Crippen molar-refractivity contribution < 1.29 is 19.1 Å². The van der Waals surface area contributed by atoms with Crippen LogP contribution in [0.25, 0.3) is 0 Å². The summed E-state index contributed by atoms with van der Waals surface area (Å²) in [5.74, 6) is 1.42. The van der Waals surface area contributed by atoms with E-state index in [0.717, 1.165) is 11.4 Å². The van der Waals surface area contributed by atoms with Crippen LogP contribution in [0.3, 0.4) is 0 Å². The van der Waals surface area contributed by atoms with Crippen LogP contribution in [-0.4, -0.2) is 37.3 Å². The third-order valence-corrected chi connectivity index (χ3v) is 4.29. The predicted octanol–water partition coefficient (Wildman–Crippen LogP) is 2.11. The summed E-state index contributed by atoms with van der Waals surface area (Å²) in [6, 6.07) is 10.7. The molecule has 2 aromatic rings. The third kappa shape index (κ3) is 3.29. The lowest BCUT2D eigenvalue weighted by atomic mass is 10.1. The largest absolute Gasteiger partial charge is 0.495 e. The van der Waals surface area contributed by atoms with Gasteiger partial charge in [0.15, 0.2) is 0 Å². The molecule has 2 N–H and O–H groups in total. The Labute approximate surface area is 141 Å². The molecule has 2 atom stereocenters. The van der Waals surface area contributed by atoms with Gasteiger partial charge in [-0.1, -0.05) is 12.1 Å². The van der Waals surface area contributed by atoms with Gasteiger partial charge in [0.25, 0.3) is 0 Å². The first-order valence-electron chi connectivity index (χ1n) is 8.09. The van der Waals surface area contributed by atoms with Crippen LogP contribution in [0.1, 0.15) is 24.6 Å². The van der Waals surface area contributed by atoms with E-state index in [1.54, 1.807) is 24.3 Å². The minimum atomic E-state index is -0.309. The van der Waals surface area contributed by atoms with Gasteiger partial charge in [0.2, 0.25) is 5.91 Å². The molecule has 2 heterocycles. The van der Waals surface area contributed by atoms with Gasteiger partial charge in [0, 0.05) is 13.2 Å². The smallest absolute Gasteiger partial charge is 0.244 e. The van der Waals surface area contributed by atoms with Gasteiger partial charge in [0.1, 0.15) is 11.5 Å². The zero-order valence-corrected chi connectivity index (χ0v) is 13.6. The van der Waals surface area contributed by atoms with Gasteiger partial charge in [-0.25, -0.2) is 0 Å². The van der Waals surface area contributed by atoms with Crippen LogP contribution in [0.2, 0.25) is 0 Å². The van der Waals surface area contributed by atoms with E-state index in [1.807, 2.05) is 30.3 Å². The molecule has 1 fully saturated rings. The maximum absolute atomic E-state index is 12.8. The fourth-order valence-electron chi connectivity index (χ4n) is 3.10. The summed E-state index contributed by atoms with van der Waals surface area (Å²) in [5.41, 5.74) is 0.783. The number of carbonyl (C=O) groups is 1. The van der Waals surface area contributed by atoms with Crippen molar-refractivity contribution >= 4 is 11.6 Å². The summed E-state index contributed by atoms with van der Waals surface area (Å²) in [7, 11) is 1.60. The Morgan fingerprint density at radius 3 is 2.92 bits per heavy atom. The van der Waals surface area contributed by atoms with Crippen LogP contribution >= 0.6 is 0 Å². The van der Waals surface area contributed by atoms with Gasteiger partial charge in [-0.15, -0.1) is 0 Å². The first kappa shape index (κ1) is 16.5. The summed E-state index contributed by atoms with van der Waals surface area (Å²) in [6.07, 6.45) is 2.78. The standard InChI is InChI=1S/C18H22N2O4/c1-23-17-6-3-2-5-15(17)20-10-8-14(18(20)22)19-13(9-11-21)16-7-4-12-24-16/h2-7,12-14,19,21H,8-11H2,1H3/t13-,14-/m1/s1. The number of aliphatic hydroxyl groups is 1. The average Bonchev–Trinajstić information content (AvgIpc) is 3.25. The van der Waals surface area contributed by atoms with Crippen LogP contribution < -0.4 is 15.0 Å². The van der Waals surface area contributed by atoms with E-state index in [2.05, 4.69) is 5.32 Å². The van der Waals surface area contributed by atoms with Crippen molar-refractivity contribution in [2.75, 3.05) is 25.2 Å². The molecular formula is C18H22N2O4. The molecule has 6 heteroatoms. The molecule has 0 unspecified atom stereocenters. The highest BCUT2D eigenvalue weighted by Gasteiger charge is 2.35. The number of para-hydroxylation sites is 2. The van der Waals surface area contributed by atoms with E-state index in [-0.39, 0.29) is 24.6 Å². The SMILES string of the molecule is COc1ccccc1N1CC[C@@H](N[C@H](CCO)c2ccco2)C1=O. The number of hydrogen-bond donors (Lipinski definition) is 2. The van der Waals surface area contributed by atoms with E-state index in [1.165, 1.54) is 0 Å². The number of benzene rings is 1. The number of anilines is 1. The van der Waals surface area contributed by atoms with Gasteiger partial charge < -0.3 is 19.2 Å². The monoisotopic (exact) mass is 330 g/mol. The number of rotatable bonds is 7. The molecule has 1 aromatic heterocycles. The summed E-state index contributed by atoms with van der Waals surface area (Å²) >= 11 is 0. The fourth-order valence-corrected chi connectivity index (χ4v) is 3.10. The summed E-state index contributed by atoms with van der Waals surface area (Å²) in [5, 5.41) is 12.6. The zero-order valence-electron chi connectivity index (χ0n) is 13.6. The molecular weight excluding hydrogens is 308 g/mol. The lowest BCUT2D eigenvalue weighted by molar-refractivity contribution is -0.119. The molecule has 3 rings (SSSR count). The number of nitrogens with one attached hydrogen (secondary N) is 1. The Kier molecular flexibility index (Phi) is 5.17. The predicted molar refractivity (Wildman–Crippen MR) is 90.0 cm³/mol. The molecule has 1 aliphatic rings. The summed E-state index contributed by atoms with van der Waals surface area (Å²) in [6.45, 7) is 0.649. The van der Waals surface area contributed by atoms with Crippen molar-refractivity contribution in [2.45, 2.75) is 24.9 Å². The number of nitrogens with zero attached hydrogens (tertiary/aromatic N) is 1. The number of hydrogen-bond acceptors (Lipinski definition) is 5. The van der Waals surface area contributed by atoms with Gasteiger partial charge in [-0.3, -0.25) is 10.1 Å². The van der Waals surface area contributed by atoms with Crippen molar-refractivity contribution in [1.82, 2.24) is 5.32 Å². The van der Waals surface area contributed by atoms with Gasteiger partial charge in [-0.05, 0) is 37.1 Å². The second-order valence-electron chi connectivity index (χ2n) is 5.75. The molecule has 0 aliphatic carbocycles. The maximum atomic E-state index is 12.8. The molecule has 24 heavy (non-hydrogen) atoms. The van der Waals surface area contributed by atoms with Crippen molar-refractivity contribution in [1.29, 1.82) is 0 Å². The summed E-state index contributed by atoms with van der Waals surface area (Å²) in [4.78, 5) is 14.5. The Balaban J connectivity index is 1.74. The molecule has 128 valence electrons. The lowest BCUT2D eigenvalue weighted by Crippen LogP contribution is -2.40. The van der Waals surface area contributed by atoms with Crippen molar-refractivity contribution in [3.05, 3.63) is 48.4 Å². The van der Waals surface area contributed by atoms with E-state index in [4.69, 9.17) is 9.15 Å². The van der Waals surface area contributed by atoms with E-state index >= 15 is 0 Å². The average molecular weight is 330 g/mol. The van der Waals surface area contributed by atoms with Crippen LogP contribution in [-0.2, 0) is 4.79 Å². The molecule has 0 spiro atoms. The van der Waals surface area contributed by atoms with Crippen LogP contribution in [0.4, 0.5) is 5.69 Å². The second kappa shape index (κ2) is 7.51. The second-order valence-corrected chi connectivity index (χ2v) is 5.75. The molecule has 1 amide bonds. The van der Waals surface area contributed by atoms with Crippen molar-refractivity contribution in [2.24, 2.45) is 0 Å². The quantitative estimate of drug-likeness (QED) is 0.813. The Bertz CT molecular complexity index is 671. The maximum Gasteiger partial charge on any atom is 0.244 e. The Morgan fingerprint density at radius 2 is 2.21 bits per heavy atom. The molecule has 0 radical (unpaired) electrons. The number of furan rings is 1. The Morgan fingerprint density at radius 1 is 1.38 bits per heavy atom. The Hall–Kier alpha value is -2.31. The van der Waals surface area contributed by atoms with E-state index < -0.39 is 0 Å². The topological polar surface area (TPSA) is 74.9 Å². The lowest BCUT2D eigenvalue weighted by Gasteiger charge is -2.22. The number of ether oxygens (including phenoxy) is 1. The normalized spacial score (nSPS) is 18.8. The van der Waals surface area contributed by atoms with Crippen LogP contribution in [0, 0.1) is 0 Å². The first-order valence-corrected chi connectivity index (χ1v) is 8.09. The van der Waals surface area contributed by atoms with Gasteiger partial charge in [0.05, 0.1) is 31.1 Å². The van der Waals surface area contributed by atoms with Crippen LogP contribution in [0.15, 0.2) is 47.1 Å². The third-order valence-electron chi connectivity index (χ3n) is 4.29. The molecule has 1 aliphatic heterocycles. The fraction of sp³-hybridized carbons (Fsp3) is 0.389. The number of amides is 1. The minimum absolute atomic E-state index is 0.00833.